The fourth-order valence-corrected chi connectivity index (χ4v) is 3.48. The smallest absolute Gasteiger partial charge is 0.252 e. The molecule has 29 heavy (non-hydrogen) atoms. The first-order valence-electron chi connectivity index (χ1n) is 9.53. The van der Waals surface area contributed by atoms with Crippen molar-refractivity contribution in [2.45, 2.75) is 18.9 Å². The molecule has 1 N–H and O–H groups in total. The fraction of sp³-hybridized carbons (Fsp3) is 0.364. The van der Waals surface area contributed by atoms with Gasteiger partial charge in [-0.15, -0.1) is 0 Å². The molecule has 0 bridgehead atoms. The van der Waals surface area contributed by atoms with Crippen molar-refractivity contribution in [3.05, 3.63) is 53.6 Å². The molecule has 2 aromatic carbocycles. The number of ether oxygens (including phenoxy) is 3. The highest BCUT2D eigenvalue weighted by Crippen LogP contribution is 2.38. The van der Waals surface area contributed by atoms with Crippen LogP contribution in [0.4, 0.5) is 0 Å². The Labute approximate surface area is 170 Å². The molecular formula is C22H26N2O5. The molecule has 0 saturated carbocycles. The number of nitrogens with one attached hydrogen (secondary N) is 1. The maximum absolute atomic E-state index is 13.1. The van der Waals surface area contributed by atoms with Gasteiger partial charge in [0.25, 0.3) is 5.91 Å². The van der Waals surface area contributed by atoms with Crippen LogP contribution in [0.5, 0.6) is 17.2 Å². The van der Waals surface area contributed by atoms with Crippen LogP contribution in [0.15, 0.2) is 42.5 Å². The number of rotatable bonds is 7. The first kappa shape index (κ1) is 20.5. The molecule has 7 nitrogen and oxygen atoms in total. The largest absolute Gasteiger partial charge is 0.493 e. The van der Waals surface area contributed by atoms with Crippen LogP contribution in [0.25, 0.3) is 0 Å². The molecule has 3 rings (SSSR count). The average Bonchev–Trinajstić information content (AvgIpc) is 3.31. The van der Waals surface area contributed by atoms with Crippen LogP contribution in [0.2, 0.25) is 0 Å². The van der Waals surface area contributed by atoms with Crippen molar-refractivity contribution in [2.75, 3.05) is 34.4 Å². The van der Waals surface area contributed by atoms with Gasteiger partial charge in [0.1, 0.15) is 6.04 Å². The summed E-state index contributed by atoms with van der Waals surface area (Å²) in [7, 11) is 4.48. The van der Waals surface area contributed by atoms with Crippen molar-refractivity contribution >= 4 is 11.8 Å². The topological polar surface area (TPSA) is 77.1 Å². The second-order valence-corrected chi connectivity index (χ2v) is 6.76. The summed E-state index contributed by atoms with van der Waals surface area (Å²) in [4.78, 5) is 27.9. The lowest BCUT2D eigenvalue weighted by atomic mass is 10.0. The van der Waals surface area contributed by atoms with E-state index >= 15 is 0 Å². The van der Waals surface area contributed by atoms with E-state index in [2.05, 4.69) is 5.32 Å². The van der Waals surface area contributed by atoms with Gasteiger partial charge in [-0.3, -0.25) is 9.59 Å². The van der Waals surface area contributed by atoms with Crippen LogP contribution in [0.1, 0.15) is 34.8 Å². The van der Waals surface area contributed by atoms with Crippen molar-refractivity contribution in [1.82, 2.24) is 10.2 Å². The zero-order valence-corrected chi connectivity index (χ0v) is 16.9. The third-order valence-corrected chi connectivity index (χ3v) is 5.00. The molecule has 1 saturated heterocycles. The number of hydrogen-bond donors (Lipinski definition) is 1. The first-order chi connectivity index (χ1) is 14.1. The number of carbonyl (C=O) groups excluding carboxylic acids is 2. The molecule has 2 amide bonds. The predicted molar refractivity (Wildman–Crippen MR) is 109 cm³/mol. The highest BCUT2D eigenvalue weighted by Gasteiger charge is 2.30. The summed E-state index contributed by atoms with van der Waals surface area (Å²) in [5, 5.41) is 2.88. The van der Waals surface area contributed by atoms with E-state index < -0.39 is 11.9 Å². The molecular weight excluding hydrogens is 372 g/mol. The fourth-order valence-electron chi connectivity index (χ4n) is 3.48. The number of hydrogen-bond acceptors (Lipinski definition) is 5. The van der Waals surface area contributed by atoms with Crippen LogP contribution in [-0.4, -0.2) is 51.1 Å². The molecule has 0 aliphatic carbocycles. The Morgan fingerprint density at radius 1 is 0.931 bits per heavy atom. The Morgan fingerprint density at radius 2 is 1.52 bits per heavy atom. The minimum atomic E-state index is -0.763. The van der Waals surface area contributed by atoms with Crippen LogP contribution < -0.4 is 19.5 Å². The summed E-state index contributed by atoms with van der Waals surface area (Å²) in [6, 6.07) is 11.6. The molecule has 0 unspecified atom stereocenters. The maximum Gasteiger partial charge on any atom is 0.252 e. The summed E-state index contributed by atoms with van der Waals surface area (Å²) in [5.74, 6) is 0.651. The molecule has 0 aromatic heterocycles. The Bertz CT molecular complexity index is 838. The van der Waals surface area contributed by atoms with Crippen LogP contribution >= 0.6 is 0 Å². The standard InChI is InChI=1S/C22H26N2O5/c1-27-17-13-16(14-18(28-2)20(17)29-3)21(25)23-19(15-9-5-4-6-10-15)22(26)24-11-7-8-12-24/h4-6,9-10,13-14,19H,7-8,11-12H2,1-3H3,(H,23,25)/t19-/m0/s1. The Balaban J connectivity index is 1.91. The summed E-state index contributed by atoms with van der Waals surface area (Å²) >= 11 is 0. The second kappa shape index (κ2) is 9.32. The highest BCUT2D eigenvalue weighted by molar-refractivity contribution is 5.99. The van der Waals surface area contributed by atoms with Crippen molar-refractivity contribution in [3.8, 4) is 17.2 Å². The number of amides is 2. The van der Waals surface area contributed by atoms with Gasteiger partial charge in [-0.2, -0.15) is 0 Å². The minimum absolute atomic E-state index is 0.102. The van der Waals surface area contributed by atoms with Gasteiger partial charge in [-0.1, -0.05) is 30.3 Å². The van der Waals surface area contributed by atoms with E-state index in [0.29, 0.717) is 35.9 Å². The molecule has 1 atom stereocenters. The van der Waals surface area contributed by atoms with E-state index in [1.54, 1.807) is 17.0 Å². The average molecular weight is 398 g/mol. The second-order valence-electron chi connectivity index (χ2n) is 6.76. The maximum atomic E-state index is 13.1. The molecule has 0 spiro atoms. The van der Waals surface area contributed by atoms with Gasteiger partial charge < -0.3 is 24.4 Å². The number of nitrogens with zero attached hydrogens (tertiary/aromatic N) is 1. The van der Waals surface area contributed by atoms with Crippen LogP contribution in [-0.2, 0) is 4.79 Å². The summed E-state index contributed by atoms with van der Waals surface area (Å²) in [6.45, 7) is 1.42. The SMILES string of the molecule is COc1cc(C(=O)N[C@H](C(=O)N2CCCC2)c2ccccc2)cc(OC)c1OC. The molecule has 7 heteroatoms. The Morgan fingerprint density at radius 3 is 2.03 bits per heavy atom. The highest BCUT2D eigenvalue weighted by atomic mass is 16.5. The van der Waals surface area contributed by atoms with E-state index in [1.807, 2.05) is 30.3 Å². The van der Waals surface area contributed by atoms with Crippen LogP contribution in [0.3, 0.4) is 0 Å². The van der Waals surface area contributed by atoms with Gasteiger partial charge in [0.2, 0.25) is 11.7 Å². The minimum Gasteiger partial charge on any atom is -0.493 e. The first-order valence-corrected chi connectivity index (χ1v) is 9.53. The number of carbonyl (C=O) groups is 2. The van der Waals surface area contributed by atoms with E-state index in [1.165, 1.54) is 21.3 Å². The lowest BCUT2D eigenvalue weighted by Gasteiger charge is -2.24. The summed E-state index contributed by atoms with van der Waals surface area (Å²) in [6.07, 6.45) is 1.96. The predicted octanol–water partition coefficient (Wildman–Crippen LogP) is 2.81. The van der Waals surface area contributed by atoms with Gasteiger partial charge in [-0.05, 0) is 30.5 Å². The Hall–Kier alpha value is -3.22. The number of methoxy groups -OCH3 is 3. The number of benzene rings is 2. The summed E-state index contributed by atoms with van der Waals surface area (Å²) < 4.78 is 16.0. The van der Waals surface area contributed by atoms with Crippen molar-refractivity contribution in [1.29, 1.82) is 0 Å². The molecule has 154 valence electrons. The van der Waals surface area contributed by atoms with Gasteiger partial charge >= 0.3 is 0 Å². The molecule has 1 heterocycles. The zero-order chi connectivity index (χ0) is 20.8. The van der Waals surface area contributed by atoms with Crippen molar-refractivity contribution < 1.29 is 23.8 Å². The quantitative estimate of drug-likeness (QED) is 0.776. The molecule has 1 aliphatic rings. The third-order valence-electron chi connectivity index (χ3n) is 5.00. The van der Waals surface area contributed by atoms with E-state index in [0.717, 1.165) is 18.4 Å². The van der Waals surface area contributed by atoms with E-state index in [-0.39, 0.29) is 5.91 Å². The number of likely N-dealkylation sites (tertiary alicyclic amines) is 1. The van der Waals surface area contributed by atoms with E-state index in [4.69, 9.17) is 14.2 Å². The van der Waals surface area contributed by atoms with Gasteiger partial charge in [0, 0.05) is 18.7 Å². The van der Waals surface area contributed by atoms with Crippen molar-refractivity contribution in [3.63, 3.8) is 0 Å². The molecule has 0 radical (unpaired) electrons. The Kier molecular flexibility index (Phi) is 6.59. The van der Waals surface area contributed by atoms with Gasteiger partial charge in [-0.25, -0.2) is 0 Å². The van der Waals surface area contributed by atoms with Gasteiger partial charge in [0.15, 0.2) is 11.5 Å². The monoisotopic (exact) mass is 398 g/mol. The lowest BCUT2D eigenvalue weighted by molar-refractivity contribution is -0.132. The van der Waals surface area contributed by atoms with E-state index in [9.17, 15) is 9.59 Å². The molecule has 1 aliphatic heterocycles. The molecule has 2 aromatic rings. The van der Waals surface area contributed by atoms with Gasteiger partial charge in [0.05, 0.1) is 21.3 Å². The lowest BCUT2D eigenvalue weighted by Crippen LogP contribution is -2.41. The summed E-state index contributed by atoms with van der Waals surface area (Å²) in [5.41, 5.74) is 1.06. The third kappa shape index (κ3) is 4.45. The van der Waals surface area contributed by atoms with Crippen molar-refractivity contribution in [2.24, 2.45) is 0 Å². The molecule has 1 fully saturated rings. The zero-order valence-electron chi connectivity index (χ0n) is 16.9. The van der Waals surface area contributed by atoms with Crippen LogP contribution in [0, 0.1) is 0 Å². The normalized spacial score (nSPS) is 14.2.